The molecule has 6 aromatic rings. The Bertz CT molecular complexity index is 2490. The summed E-state index contributed by atoms with van der Waals surface area (Å²) < 4.78 is 52.7. The van der Waals surface area contributed by atoms with Gasteiger partial charge in [0.1, 0.15) is 28.5 Å². The summed E-state index contributed by atoms with van der Waals surface area (Å²) in [5.41, 5.74) is -2.46. The summed E-state index contributed by atoms with van der Waals surface area (Å²) in [5, 5.41) is 0.554. The topological polar surface area (TPSA) is 135 Å². The summed E-state index contributed by atoms with van der Waals surface area (Å²) in [6, 6.07) is 24.8. The number of fused-ring (bicyclic) bond motifs is 1. The number of hydrogen-bond donors (Lipinski definition) is 1. The van der Waals surface area contributed by atoms with Crippen molar-refractivity contribution >= 4 is 46.0 Å². The molecule has 1 saturated heterocycles. The maximum absolute atomic E-state index is 15.2. The SMILES string of the molecule is Cc1c(-c2ncco2)sc2c1c(=O)n(C(C)(C)C(=O)CC(C)(C)[Si](O)(c1ccccc1)c1ccccc1)c(=O)n2C[C@H](OC1CCOCC1)c1ccccc1OC(F)F. The Kier molecular flexibility index (Phi) is 12.0. The highest BCUT2D eigenvalue weighted by atomic mass is 32.1. The molecule has 11 nitrogen and oxygen atoms in total. The number of thiophene rings is 1. The summed E-state index contributed by atoms with van der Waals surface area (Å²) in [5.74, 6) is -0.328. The largest absolute Gasteiger partial charge is 0.444 e. The van der Waals surface area contributed by atoms with Crippen molar-refractivity contribution < 1.29 is 37.0 Å². The van der Waals surface area contributed by atoms with Gasteiger partial charge in [-0.2, -0.15) is 8.78 Å². The van der Waals surface area contributed by atoms with Gasteiger partial charge in [-0.15, -0.1) is 11.3 Å². The van der Waals surface area contributed by atoms with Crippen LogP contribution in [0.4, 0.5) is 8.78 Å². The van der Waals surface area contributed by atoms with Crippen LogP contribution in [0.15, 0.2) is 111 Å². The molecule has 3 aromatic carbocycles. The number of carbonyl (C=O) groups is 1. The fraction of sp³-hybridized carbons (Fsp3) is 0.364. The highest BCUT2D eigenvalue weighted by Crippen LogP contribution is 2.42. The molecular weight excluding hydrogens is 797 g/mol. The molecule has 0 unspecified atom stereocenters. The fourth-order valence-electron chi connectivity index (χ4n) is 8.09. The number of aromatic nitrogens is 3. The van der Waals surface area contributed by atoms with Gasteiger partial charge in [0.15, 0.2) is 5.78 Å². The molecule has 59 heavy (non-hydrogen) atoms. The Morgan fingerprint density at radius 3 is 2.17 bits per heavy atom. The van der Waals surface area contributed by atoms with Gasteiger partial charge in [0.2, 0.25) is 5.89 Å². The zero-order chi connectivity index (χ0) is 42.1. The van der Waals surface area contributed by atoms with Crippen LogP contribution < -0.4 is 26.4 Å². The summed E-state index contributed by atoms with van der Waals surface area (Å²) in [7, 11) is -3.69. The molecule has 1 atom stereocenters. The van der Waals surface area contributed by atoms with Gasteiger partial charge in [0.05, 0.1) is 29.1 Å². The number of carbonyl (C=O) groups excluding carboxylic acids is 1. The van der Waals surface area contributed by atoms with Crippen molar-refractivity contribution in [2.24, 2.45) is 0 Å². The number of aryl methyl sites for hydroxylation is 1. The lowest BCUT2D eigenvalue weighted by molar-refractivity contribution is -0.127. The fourth-order valence-corrected chi connectivity index (χ4v) is 13.0. The first-order chi connectivity index (χ1) is 28.1. The average molecular weight is 844 g/mol. The second-order valence-corrected chi connectivity index (χ2v) is 20.9. The molecule has 0 spiro atoms. The van der Waals surface area contributed by atoms with Gasteiger partial charge < -0.3 is 23.4 Å². The van der Waals surface area contributed by atoms with Crippen LogP contribution in [-0.4, -0.2) is 58.9 Å². The number of para-hydroxylation sites is 1. The Morgan fingerprint density at radius 2 is 1.58 bits per heavy atom. The normalized spacial score (nSPS) is 14.9. The van der Waals surface area contributed by atoms with Gasteiger partial charge in [-0.1, -0.05) is 92.7 Å². The molecule has 0 saturated carbocycles. The van der Waals surface area contributed by atoms with E-state index in [2.05, 4.69) is 4.98 Å². The number of halogens is 2. The Labute approximate surface area is 345 Å². The van der Waals surface area contributed by atoms with Crippen molar-refractivity contribution in [3.05, 3.63) is 129 Å². The van der Waals surface area contributed by atoms with Crippen LogP contribution in [0.25, 0.3) is 21.0 Å². The van der Waals surface area contributed by atoms with Crippen LogP contribution in [0, 0.1) is 6.92 Å². The smallest absolute Gasteiger partial charge is 0.387 e. The van der Waals surface area contributed by atoms with E-state index in [1.165, 1.54) is 36.9 Å². The zero-order valence-electron chi connectivity index (χ0n) is 33.5. The van der Waals surface area contributed by atoms with E-state index in [0.717, 1.165) is 15.9 Å². The minimum atomic E-state index is -3.69. The first-order valence-electron chi connectivity index (χ1n) is 19.5. The standard InChI is InChI=1S/C44H47F2N3O8SSi/c1-28-36-39(51)49(44(4,5)35(50)26-43(2,3)59(53,30-14-8-6-9-15-30)31-16-10-7-11-17-31)42(52)48(40(36)58-37(28)38-47-22-25-55-38)27-34(56-29-20-23-54-24-21-29)32-18-12-13-19-33(32)57-41(45)46/h6-19,22,25,29,34,41,53H,20-21,23-24,26-27H2,1-5H3/t34-/m0/s1. The predicted molar refractivity (Wildman–Crippen MR) is 224 cm³/mol. The minimum absolute atomic E-state index is 0.119. The molecule has 3 aromatic heterocycles. The molecule has 15 heteroatoms. The summed E-state index contributed by atoms with van der Waals surface area (Å²) in [4.78, 5) is 62.9. The minimum Gasteiger partial charge on any atom is -0.444 e. The van der Waals surface area contributed by atoms with Crippen molar-refractivity contribution in [3.63, 3.8) is 0 Å². The van der Waals surface area contributed by atoms with E-state index in [1.807, 2.05) is 74.5 Å². The van der Waals surface area contributed by atoms with Crippen LogP contribution >= 0.6 is 11.3 Å². The molecular formula is C44H47F2N3O8SSi. The lowest BCUT2D eigenvalue weighted by Crippen LogP contribution is -2.66. The first kappa shape index (κ1) is 42.1. The second-order valence-electron chi connectivity index (χ2n) is 15.9. The van der Waals surface area contributed by atoms with Gasteiger partial charge in [0, 0.05) is 25.2 Å². The van der Waals surface area contributed by atoms with Crippen LogP contribution in [0.5, 0.6) is 5.75 Å². The summed E-state index contributed by atoms with van der Waals surface area (Å²) in [6.07, 6.45) is 2.41. The Hall–Kier alpha value is -5.06. The van der Waals surface area contributed by atoms with Gasteiger partial charge in [0.25, 0.3) is 13.9 Å². The number of ketones is 1. The number of rotatable bonds is 15. The highest BCUT2D eigenvalue weighted by Gasteiger charge is 2.52. The van der Waals surface area contributed by atoms with E-state index >= 15 is 4.79 Å². The molecule has 0 amide bonds. The van der Waals surface area contributed by atoms with Crippen molar-refractivity contribution in [2.45, 2.75) is 89.8 Å². The van der Waals surface area contributed by atoms with Crippen LogP contribution in [-0.2, 0) is 26.4 Å². The number of oxazole rings is 1. The molecule has 1 fully saturated rings. The quantitative estimate of drug-likeness (QED) is 0.109. The van der Waals surface area contributed by atoms with Crippen molar-refractivity contribution in [2.75, 3.05) is 13.2 Å². The first-order valence-corrected chi connectivity index (χ1v) is 22.2. The molecule has 4 heterocycles. The monoisotopic (exact) mass is 843 g/mol. The third-order valence-corrected chi connectivity index (χ3v) is 17.2. The van der Waals surface area contributed by atoms with E-state index in [4.69, 9.17) is 18.6 Å². The second kappa shape index (κ2) is 16.9. The highest BCUT2D eigenvalue weighted by molar-refractivity contribution is 7.22. The third-order valence-electron chi connectivity index (χ3n) is 11.4. The van der Waals surface area contributed by atoms with E-state index in [1.54, 1.807) is 25.1 Å². The van der Waals surface area contributed by atoms with Crippen LogP contribution in [0.3, 0.4) is 0 Å². The van der Waals surface area contributed by atoms with Gasteiger partial charge in [-0.05, 0) is 60.7 Å². The maximum Gasteiger partial charge on any atom is 0.387 e. The molecule has 0 aliphatic carbocycles. The van der Waals surface area contributed by atoms with Gasteiger partial charge in [-0.25, -0.2) is 14.3 Å². The number of Topliss-reactive ketones (excluding diaryl/α,β-unsaturated/α-hetero) is 1. The number of ether oxygens (including phenoxy) is 3. The van der Waals surface area contributed by atoms with Crippen LogP contribution in [0.1, 0.15) is 64.2 Å². The van der Waals surface area contributed by atoms with E-state index in [9.17, 15) is 23.2 Å². The Balaban J connectivity index is 1.39. The molecule has 7 rings (SSSR count). The van der Waals surface area contributed by atoms with Crippen molar-refractivity contribution in [3.8, 4) is 16.5 Å². The van der Waals surface area contributed by atoms with E-state index < -0.39 is 48.6 Å². The Morgan fingerprint density at radius 1 is 0.966 bits per heavy atom. The molecule has 1 aliphatic heterocycles. The summed E-state index contributed by atoms with van der Waals surface area (Å²) in [6.45, 7) is 6.01. The van der Waals surface area contributed by atoms with Crippen molar-refractivity contribution in [1.29, 1.82) is 0 Å². The molecule has 1 aliphatic rings. The van der Waals surface area contributed by atoms with Gasteiger partial charge >= 0.3 is 12.3 Å². The average Bonchev–Trinajstić information content (AvgIpc) is 3.88. The summed E-state index contributed by atoms with van der Waals surface area (Å²) >= 11 is 1.13. The molecule has 0 bridgehead atoms. The third kappa shape index (κ3) is 8.01. The molecule has 1 N–H and O–H groups in total. The lowest BCUT2D eigenvalue weighted by Gasteiger charge is -2.42. The maximum atomic E-state index is 15.2. The van der Waals surface area contributed by atoms with E-state index in [-0.39, 0.29) is 46.5 Å². The number of alkyl halides is 2. The van der Waals surface area contributed by atoms with E-state index in [0.29, 0.717) is 46.9 Å². The lowest BCUT2D eigenvalue weighted by atomic mass is 9.91. The zero-order valence-corrected chi connectivity index (χ0v) is 35.3. The number of benzene rings is 3. The molecule has 0 radical (unpaired) electrons. The molecule has 310 valence electrons. The van der Waals surface area contributed by atoms with Crippen LogP contribution in [0.2, 0.25) is 5.04 Å². The predicted octanol–water partition coefficient (Wildman–Crippen LogP) is 6.95. The number of hydrogen-bond acceptors (Lipinski definition) is 10. The van der Waals surface area contributed by atoms with Crippen molar-refractivity contribution in [1.82, 2.24) is 14.1 Å². The number of nitrogens with zero attached hydrogens (tertiary/aromatic N) is 3. The van der Waals surface area contributed by atoms with Gasteiger partial charge in [-0.3, -0.25) is 14.2 Å².